The second kappa shape index (κ2) is 6.32. The monoisotopic (exact) mass is 325 g/mol. The number of hydrogen-bond donors (Lipinski definition) is 1. The van der Waals surface area contributed by atoms with Crippen LogP contribution >= 0.6 is 11.6 Å². The van der Waals surface area contributed by atoms with E-state index in [1.54, 1.807) is 0 Å². The minimum absolute atomic E-state index is 0.0340. The first-order chi connectivity index (χ1) is 10.3. The summed E-state index contributed by atoms with van der Waals surface area (Å²) in [6.07, 6.45) is 0. The molecule has 0 aromatic heterocycles. The molecule has 0 spiro atoms. The third-order valence-corrected chi connectivity index (χ3v) is 3.15. The molecule has 0 atom stereocenters. The molecule has 0 saturated carbocycles. The summed E-state index contributed by atoms with van der Waals surface area (Å²) < 4.78 is 32.0. The van der Waals surface area contributed by atoms with Crippen molar-refractivity contribution in [1.82, 2.24) is 0 Å². The van der Waals surface area contributed by atoms with E-state index < -0.39 is 23.1 Å². The van der Waals surface area contributed by atoms with Gasteiger partial charge in [0.15, 0.2) is 5.60 Å². The van der Waals surface area contributed by atoms with Crippen LogP contribution in [0.2, 0.25) is 5.02 Å². The fraction of sp³-hybridized carbons (Fsp3) is 0.188. The number of carbonyl (C=O) groups is 1. The Morgan fingerprint density at radius 2 is 1.77 bits per heavy atom. The third-order valence-electron chi connectivity index (χ3n) is 2.91. The van der Waals surface area contributed by atoms with Gasteiger partial charge in [-0.3, -0.25) is 4.79 Å². The van der Waals surface area contributed by atoms with Gasteiger partial charge in [-0.05, 0) is 56.3 Å². The minimum atomic E-state index is -1.29. The van der Waals surface area contributed by atoms with Crippen molar-refractivity contribution in [2.45, 2.75) is 19.4 Å². The molecular formula is C16H14ClF2NO2. The summed E-state index contributed by atoms with van der Waals surface area (Å²) >= 11 is 5.77. The smallest absolute Gasteiger partial charge is 0.268 e. The van der Waals surface area contributed by atoms with E-state index in [-0.39, 0.29) is 5.69 Å². The highest BCUT2D eigenvalue weighted by atomic mass is 35.5. The first-order valence-corrected chi connectivity index (χ1v) is 6.87. The van der Waals surface area contributed by atoms with Gasteiger partial charge >= 0.3 is 0 Å². The maximum atomic E-state index is 13.6. The quantitative estimate of drug-likeness (QED) is 0.904. The van der Waals surface area contributed by atoms with Gasteiger partial charge in [-0.15, -0.1) is 0 Å². The predicted molar refractivity (Wildman–Crippen MR) is 81.1 cm³/mol. The maximum Gasteiger partial charge on any atom is 0.268 e. The molecule has 0 aliphatic carbocycles. The molecule has 2 aromatic rings. The molecule has 0 heterocycles. The third kappa shape index (κ3) is 3.95. The predicted octanol–water partition coefficient (Wildman–Crippen LogP) is 4.41. The Hall–Kier alpha value is -2.14. The number of rotatable bonds is 4. The number of hydrogen-bond acceptors (Lipinski definition) is 2. The first kappa shape index (κ1) is 16.2. The van der Waals surface area contributed by atoms with Crippen molar-refractivity contribution < 1.29 is 18.3 Å². The number of carbonyl (C=O) groups excluding carboxylic acids is 1. The van der Waals surface area contributed by atoms with Crippen LogP contribution in [0.4, 0.5) is 14.5 Å². The van der Waals surface area contributed by atoms with Crippen LogP contribution in [0, 0.1) is 11.6 Å². The van der Waals surface area contributed by atoms with E-state index in [9.17, 15) is 13.6 Å². The Bertz CT molecular complexity index is 687. The normalized spacial score (nSPS) is 11.1. The molecule has 1 amide bonds. The van der Waals surface area contributed by atoms with Crippen molar-refractivity contribution in [2.24, 2.45) is 0 Å². The molecule has 2 rings (SSSR count). The number of anilines is 1. The zero-order valence-electron chi connectivity index (χ0n) is 12.0. The number of amides is 1. The Balaban J connectivity index is 2.13. The van der Waals surface area contributed by atoms with Gasteiger partial charge in [0.25, 0.3) is 5.91 Å². The van der Waals surface area contributed by atoms with E-state index >= 15 is 0 Å². The topological polar surface area (TPSA) is 38.3 Å². The number of halogens is 3. The molecule has 0 saturated heterocycles. The lowest BCUT2D eigenvalue weighted by Gasteiger charge is -2.25. The minimum Gasteiger partial charge on any atom is -0.478 e. The molecule has 3 nitrogen and oxygen atoms in total. The fourth-order valence-electron chi connectivity index (χ4n) is 1.71. The van der Waals surface area contributed by atoms with Crippen LogP contribution in [0.15, 0.2) is 42.5 Å². The second-order valence-corrected chi connectivity index (χ2v) is 5.58. The van der Waals surface area contributed by atoms with E-state index in [0.29, 0.717) is 10.8 Å². The van der Waals surface area contributed by atoms with Gasteiger partial charge in [-0.2, -0.15) is 0 Å². The van der Waals surface area contributed by atoms with Crippen molar-refractivity contribution in [3.05, 3.63) is 59.1 Å². The Kier molecular flexibility index (Phi) is 4.66. The van der Waals surface area contributed by atoms with E-state index in [0.717, 1.165) is 6.07 Å². The van der Waals surface area contributed by atoms with Gasteiger partial charge in [0.05, 0.1) is 5.69 Å². The van der Waals surface area contributed by atoms with Gasteiger partial charge in [-0.25, -0.2) is 8.78 Å². The number of nitrogens with one attached hydrogen (secondary N) is 1. The molecule has 0 radical (unpaired) electrons. The van der Waals surface area contributed by atoms with Gasteiger partial charge in [0.1, 0.15) is 17.4 Å². The van der Waals surface area contributed by atoms with Crippen LogP contribution in [0.25, 0.3) is 0 Å². The lowest BCUT2D eigenvalue weighted by atomic mass is 10.1. The van der Waals surface area contributed by atoms with Crippen molar-refractivity contribution in [3.8, 4) is 5.75 Å². The van der Waals surface area contributed by atoms with Crippen LogP contribution < -0.4 is 10.1 Å². The molecule has 116 valence electrons. The molecular weight excluding hydrogens is 312 g/mol. The van der Waals surface area contributed by atoms with Crippen LogP contribution in [0.1, 0.15) is 13.8 Å². The molecule has 22 heavy (non-hydrogen) atoms. The largest absolute Gasteiger partial charge is 0.478 e. The lowest BCUT2D eigenvalue weighted by molar-refractivity contribution is -0.128. The zero-order chi connectivity index (χ0) is 16.3. The Labute approximate surface area is 131 Å². The summed E-state index contributed by atoms with van der Waals surface area (Å²) in [6.45, 7) is 3.04. The Morgan fingerprint density at radius 1 is 1.14 bits per heavy atom. The molecule has 0 aliphatic rings. The average molecular weight is 326 g/mol. The summed E-state index contributed by atoms with van der Waals surface area (Å²) in [5.74, 6) is -1.24. The molecule has 0 unspecified atom stereocenters. The highest BCUT2D eigenvalue weighted by molar-refractivity contribution is 6.30. The highest BCUT2D eigenvalue weighted by Crippen LogP contribution is 2.23. The van der Waals surface area contributed by atoms with Crippen LogP contribution in [-0.4, -0.2) is 11.5 Å². The molecule has 2 aromatic carbocycles. The number of benzene rings is 2. The summed E-state index contributed by atoms with van der Waals surface area (Å²) in [6, 6.07) is 9.11. The van der Waals surface area contributed by atoms with Gasteiger partial charge < -0.3 is 10.1 Å². The first-order valence-electron chi connectivity index (χ1n) is 6.49. The van der Waals surface area contributed by atoms with E-state index in [2.05, 4.69) is 5.32 Å². The molecule has 0 bridgehead atoms. The van der Waals surface area contributed by atoms with Crippen molar-refractivity contribution in [3.63, 3.8) is 0 Å². The fourth-order valence-corrected chi connectivity index (χ4v) is 1.88. The zero-order valence-corrected chi connectivity index (χ0v) is 12.7. The number of ether oxygens (including phenoxy) is 1. The maximum absolute atomic E-state index is 13.6. The molecule has 1 N–H and O–H groups in total. The van der Waals surface area contributed by atoms with Crippen LogP contribution in [-0.2, 0) is 4.79 Å². The summed E-state index contributed by atoms with van der Waals surface area (Å²) in [7, 11) is 0. The van der Waals surface area contributed by atoms with Gasteiger partial charge in [0, 0.05) is 5.02 Å². The van der Waals surface area contributed by atoms with E-state index in [4.69, 9.17) is 16.3 Å². The Morgan fingerprint density at radius 3 is 2.41 bits per heavy atom. The summed E-state index contributed by atoms with van der Waals surface area (Å²) in [5.41, 5.74) is -1.32. The molecule has 6 heteroatoms. The standard InChI is InChI=1S/C16H14ClF2NO2/c1-16(2,22-12-6-4-11(18)5-7-12)15(21)20-14-9-10(17)3-8-13(14)19/h3-9H,1-2H3,(H,20,21). The summed E-state index contributed by atoms with van der Waals surface area (Å²) in [4.78, 5) is 12.2. The van der Waals surface area contributed by atoms with Crippen molar-refractivity contribution in [1.29, 1.82) is 0 Å². The van der Waals surface area contributed by atoms with E-state index in [1.807, 2.05) is 0 Å². The molecule has 0 aliphatic heterocycles. The van der Waals surface area contributed by atoms with E-state index in [1.165, 1.54) is 50.2 Å². The van der Waals surface area contributed by atoms with Crippen LogP contribution in [0.3, 0.4) is 0 Å². The molecule has 0 fully saturated rings. The summed E-state index contributed by atoms with van der Waals surface area (Å²) in [5, 5.41) is 2.73. The second-order valence-electron chi connectivity index (χ2n) is 5.14. The highest BCUT2D eigenvalue weighted by Gasteiger charge is 2.30. The lowest BCUT2D eigenvalue weighted by Crippen LogP contribution is -2.42. The van der Waals surface area contributed by atoms with Gasteiger partial charge in [-0.1, -0.05) is 11.6 Å². The van der Waals surface area contributed by atoms with Crippen molar-refractivity contribution in [2.75, 3.05) is 5.32 Å². The van der Waals surface area contributed by atoms with Crippen LogP contribution in [0.5, 0.6) is 5.75 Å². The SMILES string of the molecule is CC(C)(Oc1ccc(F)cc1)C(=O)Nc1cc(Cl)ccc1F. The average Bonchev–Trinajstić information content (AvgIpc) is 2.45. The van der Waals surface area contributed by atoms with Gasteiger partial charge in [0.2, 0.25) is 0 Å². The van der Waals surface area contributed by atoms with Crippen molar-refractivity contribution >= 4 is 23.2 Å².